The van der Waals surface area contributed by atoms with Crippen molar-refractivity contribution in [2.45, 2.75) is 40.2 Å². The van der Waals surface area contributed by atoms with E-state index < -0.39 is 0 Å². The zero-order chi connectivity index (χ0) is 14.0. The highest BCUT2D eigenvalue weighted by atomic mass is 15.3. The lowest BCUT2D eigenvalue weighted by molar-refractivity contribution is 0.663. The number of hydrogen-bond acceptors (Lipinski definition) is 5. The summed E-state index contributed by atoms with van der Waals surface area (Å²) >= 11 is 0. The Kier molecular flexibility index (Phi) is 3.80. The Hall–Kier alpha value is -1.95. The van der Waals surface area contributed by atoms with Crippen molar-refractivity contribution >= 4 is 5.82 Å². The molecule has 0 radical (unpaired) electrons. The molecule has 0 aromatic carbocycles. The van der Waals surface area contributed by atoms with E-state index in [0.717, 1.165) is 23.5 Å². The lowest BCUT2D eigenvalue weighted by Gasteiger charge is -2.15. The molecule has 0 saturated heterocycles. The molecule has 2 aromatic heterocycles. The Morgan fingerprint density at radius 2 is 2.11 bits per heavy atom. The summed E-state index contributed by atoms with van der Waals surface area (Å²) in [5.74, 6) is 7.23. The van der Waals surface area contributed by atoms with Gasteiger partial charge in [0.15, 0.2) is 5.82 Å². The maximum Gasteiger partial charge on any atom is 0.180 e. The summed E-state index contributed by atoms with van der Waals surface area (Å²) in [4.78, 5) is 9.10. The van der Waals surface area contributed by atoms with Gasteiger partial charge in [-0.25, -0.2) is 15.8 Å². The van der Waals surface area contributed by atoms with Gasteiger partial charge in [0.25, 0.3) is 0 Å². The number of hydrazine groups is 1. The van der Waals surface area contributed by atoms with E-state index in [1.165, 1.54) is 0 Å². The number of aromatic nitrogens is 4. The third-order valence-corrected chi connectivity index (χ3v) is 3.10. The third kappa shape index (κ3) is 2.44. The summed E-state index contributed by atoms with van der Waals surface area (Å²) in [7, 11) is 0. The van der Waals surface area contributed by atoms with Crippen molar-refractivity contribution in [2.24, 2.45) is 5.84 Å². The number of hydrogen-bond donors (Lipinski definition) is 2. The smallest absolute Gasteiger partial charge is 0.180 e. The molecule has 0 saturated carbocycles. The van der Waals surface area contributed by atoms with Crippen LogP contribution in [0.15, 0.2) is 12.3 Å². The van der Waals surface area contributed by atoms with Crippen molar-refractivity contribution in [1.82, 2.24) is 19.7 Å². The molecule has 3 N–H and O–H groups in total. The highest BCUT2D eigenvalue weighted by Crippen LogP contribution is 2.27. The maximum absolute atomic E-state index is 5.59. The van der Waals surface area contributed by atoms with E-state index in [2.05, 4.69) is 34.3 Å². The van der Waals surface area contributed by atoms with Gasteiger partial charge >= 0.3 is 0 Å². The molecule has 6 heteroatoms. The van der Waals surface area contributed by atoms with E-state index in [9.17, 15) is 0 Å². The first kappa shape index (κ1) is 13.5. The second kappa shape index (κ2) is 5.36. The zero-order valence-electron chi connectivity index (χ0n) is 11.8. The summed E-state index contributed by atoms with van der Waals surface area (Å²) in [5, 5.41) is 4.24. The van der Waals surface area contributed by atoms with E-state index in [1.807, 2.05) is 24.6 Å². The maximum atomic E-state index is 5.59. The van der Waals surface area contributed by atoms with Crippen LogP contribution in [0.2, 0.25) is 0 Å². The Morgan fingerprint density at radius 1 is 1.37 bits per heavy atom. The minimum Gasteiger partial charge on any atom is -0.308 e. The van der Waals surface area contributed by atoms with E-state index in [0.29, 0.717) is 17.6 Å². The van der Waals surface area contributed by atoms with Crippen molar-refractivity contribution in [2.75, 3.05) is 5.43 Å². The first-order valence-electron chi connectivity index (χ1n) is 6.45. The molecule has 0 unspecified atom stereocenters. The van der Waals surface area contributed by atoms with Gasteiger partial charge in [0.1, 0.15) is 11.5 Å². The van der Waals surface area contributed by atoms with Gasteiger partial charge in [0.05, 0.1) is 0 Å². The van der Waals surface area contributed by atoms with Crippen molar-refractivity contribution in [3.63, 3.8) is 0 Å². The summed E-state index contributed by atoms with van der Waals surface area (Å²) in [5.41, 5.74) is 5.57. The number of rotatable bonds is 4. The quantitative estimate of drug-likeness (QED) is 0.649. The largest absolute Gasteiger partial charge is 0.308 e. The summed E-state index contributed by atoms with van der Waals surface area (Å²) in [6, 6.07) is 1.91. The molecule has 2 rings (SSSR count). The van der Waals surface area contributed by atoms with Crippen LogP contribution in [0.25, 0.3) is 11.5 Å². The van der Waals surface area contributed by atoms with E-state index >= 15 is 0 Å². The lowest BCUT2D eigenvalue weighted by atomic mass is 10.0. The second-order valence-electron chi connectivity index (χ2n) is 4.73. The molecule has 0 amide bonds. The van der Waals surface area contributed by atoms with E-state index in [1.54, 1.807) is 6.20 Å². The Labute approximate surface area is 113 Å². The van der Waals surface area contributed by atoms with Crippen molar-refractivity contribution < 1.29 is 0 Å². The summed E-state index contributed by atoms with van der Waals surface area (Å²) < 4.78 is 1.87. The van der Waals surface area contributed by atoms with Crippen molar-refractivity contribution in [3.05, 3.63) is 23.5 Å². The SMILES string of the molecule is CCn1nccc1-c1nc(C)c(C(C)C)c(NN)n1. The van der Waals surface area contributed by atoms with Crippen LogP contribution in [0.3, 0.4) is 0 Å². The van der Waals surface area contributed by atoms with Crippen LogP contribution in [-0.2, 0) is 6.54 Å². The fraction of sp³-hybridized carbons (Fsp3) is 0.462. The monoisotopic (exact) mass is 260 g/mol. The topological polar surface area (TPSA) is 81.7 Å². The van der Waals surface area contributed by atoms with Crippen LogP contribution in [-0.4, -0.2) is 19.7 Å². The molecule has 0 spiro atoms. The number of nitrogens with one attached hydrogen (secondary N) is 1. The molecule has 0 aliphatic heterocycles. The molecule has 0 fully saturated rings. The average molecular weight is 260 g/mol. The van der Waals surface area contributed by atoms with Crippen LogP contribution in [0.4, 0.5) is 5.82 Å². The average Bonchev–Trinajstić information content (AvgIpc) is 2.85. The van der Waals surface area contributed by atoms with E-state index in [-0.39, 0.29) is 0 Å². The molecule has 2 aromatic rings. The van der Waals surface area contributed by atoms with Gasteiger partial charge in [0, 0.05) is 24.0 Å². The molecular formula is C13H20N6. The molecule has 0 aliphatic carbocycles. The standard InChI is InChI=1S/C13H20N6/c1-5-19-10(6-7-15-19)12-16-9(4)11(8(2)3)13(17-12)18-14/h6-8H,5,14H2,1-4H3,(H,16,17,18). The van der Waals surface area contributed by atoms with Crippen molar-refractivity contribution in [1.29, 1.82) is 0 Å². The molecule has 0 atom stereocenters. The van der Waals surface area contributed by atoms with Crippen LogP contribution < -0.4 is 11.3 Å². The molecule has 102 valence electrons. The molecule has 6 nitrogen and oxygen atoms in total. The van der Waals surface area contributed by atoms with Crippen LogP contribution >= 0.6 is 0 Å². The van der Waals surface area contributed by atoms with Gasteiger partial charge in [-0.3, -0.25) is 4.68 Å². The van der Waals surface area contributed by atoms with Gasteiger partial charge in [-0.15, -0.1) is 0 Å². The van der Waals surface area contributed by atoms with Gasteiger partial charge in [-0.2, -0.15) is 5.10 Å². The van der Waals surface area contributed by atoms with Crippen LogP contribution in [0.1, 0.15) is 37.9 Å². The fourth-order valence-electron chi connectivity index (χ4n) is 2.27. The molecule has 2 heterocycles. The van der Waals surface area contributed by atoms with Gasteiger partial charge in [-0.05, 0) is 25.8 Å². The first-order valence-corrected chi connectivity index (χ1v) is 6.45. The number of nitrogens with zero attached hydrogens (tertiary/aromatic N) is 4. The normalized spacial score (nSPS) is 11.1. The predicted molar refractivity (Wildman–Crippen MR) is 75.6 cm³/mol. The van der Waals surface area contributed by atoms with Crippen LogP contribution in [0, 0.1) is 6.92 Å². The highest BCUT2D eigenvalue weighted by Gasteiger charge is 2.16. The Balaban J connectivity index is 2.58. The molecule has 19 heavy (non-hydrogen) atoms. The Morgan fingerprint density at radius 3 is 2.68 bits per heavy atom. The minimum atomic E-state index is 0.316. The first-order chi connectivity index (χ1) is 9.08. The van der Waals surface area contributed by atoms with Gasteiger partial charge < -0.3 is 5.43 Å². The lowest BCUT2D eigenvalue weighted by Crippen LogP contribution is -2.15. The molecule has 0 bridgehead atoms. The molecule has 0 aliphatic rings. The number of anilines is 1. The zero-order valence-corrected chi connectivity index (χ0v) is 11.8. The summed E-state index contributed by atoms with van der Waals surface area (Å²) in [6.45, 7) is 9.00. The van der Waals surface area contributed by atoms with Gasteiger partial charge in [-0.1, -0.05) is 13.8 Å². The van der Waals surface area contributed by atoms with Crippen molar-refractivity contribution in [3.8, 4) is 11.5 Å². The van der Waals surface area contributed by atoms with E-state index in [4.69, 9.17) is 5.84 Å². The van der Waals surface area contributed by atoms with Gasteiger partial charge in [0.2, 0.25) is 0 Å². The molecular weight excluding hydrogens is 240 g/mol. The highest BCUT2D eigenvalue weighted by molar-refractivity contribution is 5.57. The predicted octanol–water partition coefficient (Wildman–Crippen LogP) is 2.08. The number of nitrogens with two attached hydrogens (primary N) is 1. The number of aryl methyl sites for hydroxylation is 2. The minimum absolute atomic E-state index is 0.316. The van der Waals surface area contributed by atoms with Crippen LogP contribution in [0.5, 0.6) is 0 Å². The number of nitrogen functional groups attached to an aromatic ring is 1. The third-order valence-electron chi connectivity index (χ3n) is 3.10. The Bertz CT molecular complexity index is 573. The second-order valence-corrected chi connectivity index (χ2v) is 4.73. The summed E-state index contributed by atoms with van der Waals surface area (Å²) in [6.07, 6.45) is 1.75. The fourth-order valence-corrected chi connectivity index (χ4v) is 2.27.